The predicted molar refractivity (Wildman–Crippen MR) is 210 cm³/mol. The molecule has 0 bridgehead atoms. The second-order valence-corrected chi connectivity index (χ2v) is 15.2. The fourth-order valence-corrected chi connectivity index (χ4v) is 8.65. The highest BCUT2D eigenvalue weighted by molar-refractivity contribution is 6.35. The summed E-state index contributed by atoms with van der Waals surface area (Å²) in [7, 11) is 0. The summed E-state index contributed by atoms with van der Waals surface area (Å²) in [6, 6.07) is 20.0. The molecule has 3 fully saturated rings. The van der Waals surface area contributed by atoms with Crippen molar-refractivity contribution >= 4 is 68.6 Å². The van der Waals surface area contributed by atoms with Crippen LogP contribution in [-0.4, -0.2) is 84.4 Å². The van der Waals surface area contributed by atoms with Crippen molar-refractivity contribution in [2.45, 2.75) is 38.3 Å². The first-order valence-electron chi connectivity index (χ1n) is 18.8. The summed E-state index contributed by atoms with van der Waals surface area (Å²) >= 11 is 6.25. The van der Waals surface area contributed by atoms with Crippen LogP contribution >= 0.6 is 11.6 Å². The molecule has 1 atom stereocenters. The van der Waals surface area contributed by atoms with Crippen LogP contribution in [0, 0.1) is 5.92 Å². The Bertz CT molecular complexity index is 2400. The van der Waals surface area contributed by atoms with Crippen molar-refractivity contribution in [3.63, 3.8) is 0 Å². The minimum absolute atomic E-state index is 0.0831. The summed E-state index contributed by atoms with van der Waals surface area (Å²) in [5.74, 6) is 0.802. The number of fused-ring (bicyclic) bond motifs is 3. The molecule has 0 radical (unpaired) electrons. The van der Waals surface area contributed by atoms with Crippen LogP contribution in [0.3, 0.4) is 0 Å². The average molecular weight is 762 g/mol. The number of halogens is 1. The second kappa shape index (κ2) is 14.2. The maximum atomic E-state index is 13.1. The van der Waals surface area contributed by atoms with Crippen molar-refractivity contribution in [3.05, 3.63) is 93.1 Å². The largest absolute Gasteiger partial charge is 0.454 e. The Morgan fingerprint density at radius 3 is 2.36 bits per heavy atom. The van der Waals surface area contributed by atoms with Crippen molar-refractivity contribution in [1.29, 1.82) is 0 Å². The molecule has 282 valence electrons. The molecule has 9 rings (SSSR count). The molecule has 3 saturated heterocycles. The van der Waals surface area contributed by atoms with E-state index in [4.69, 9.17) is 26.5 Å². The highest BCUT2D eigenvalue weighted by Gasteiger charge is 2.39. The Morgan fingerprint density at radius 1 is 0.855 bits per heavy atom. The Hall–Kier alpha value is -5.66. The number of nitrogens with zero attached hydrogens (tertiary/aromatic N) is 5. The number of nitrogen functional groups attached to an aromatic ring is 1. The molecule has 2 aromatic heterocycles. The lowest BCUT2D eigenvalue weighted by Crippen LogP contribution is -2.52. The molecule has 1 unspecified atom stereocenters. The fraction of sp³-hybridized carbons (Fsp3) is 0.341. The minimum Gasteiger partial charge on any atom is -0.454 e. The third-order valence-corrected chi connectivity index (χ3v) is 11.7. The number of hydrogen-bond acceptors (Lipinski definition) is 11. The van der Waals surface area contributed by atoms with Crippen LogP contribution in [0.15, 0.2) is 75.9 Å². The van der Waals surface area contributed by atoms with Gasteiger partial charge in [-0.3, -0.25) is 29.4 Å². The van der Waals surface area contributed by atoms with E-state index in [0.717, 1.165) is 75.6 Å². The van der Waals surface area contributed by atoms with E-state index in [1.54, 1.807) is 29.2 Å². The number of nitrogens with two attached hydrogens (primary N) is 1. The van der Waals surface area contributed by atoms with Crippen LogP contribution < -0.4 is 31.0 Å². The van der Waals surface area contributed by atoms with Crippen LogP contribution in [-0.2, 0) is 16.1 Å². The van der Waals surface area contributed by atoms with E-state index in [2.05, 4.69) is 43.2 Å². The van der Waals surface area contributed by atoms with Gasteiger partial charge in [0.15, 0.2) is 22.7 Å². The van der Waals surface area contributed by atoms with E-state index in [0.29, 0.717) is 46.6 Å². The lowest BCUT2D eigenvalue weighted by atomic mass is 9.95. The number of piperidine rings is 2. The Balaban J connectivity index is 0.759. The molecular weight excluding hydrogens is 722 g/mol. The standard InChI is InChI=1S/C41H40ClN7O6/c42-30-2-1-3-32-36(30)38(51)37-33(55-32)21-34(39(43)45-37)54-28-7-4-26(5-8-28)47-14-12-24(13-15-47)22-46-16-18-48(19-17-46)27-6-9-29-25(20-27)23-49(41(29)53)31-10-11-35(50)44-40(31)52/h1-9,20-21,24,31H,10-19,22-23H2,(H2,43,45)(H,44,50,52). The molecule has 6 heterocycles. The molecule has 14 heteroatoms. The molecule has 0 saturated carbocycles. The summed E-state index contributed by atoms with van der Waals surface area (Å²) in [4.78, 5) is 63.5. The van der Waals surface area contributed by atoms with Gasteiger partial charge in [-0.25, -0.2) is 4.98 Å². The lowest BCUT2D eigenvalue weighted by molar-refractivity contribution is -0.136. The first kappa shape index (κ1) is 35.1. The number of hydrogen-bond donors (Lipinski definition) is 2. The van der Waals surface area contributed by atoms with E-state index < -0.39 is 6.04 Å². The van der Waals surface area contributed by atoms with E-state index in [1.165, 1.54) is 0 Å². The fourth-order valence-electron chi connectivity index (χ4n) is 8.40. The van der Waals surface area contributed by atoms with Crippen LogP contribution in [0.25, 0.3) is 22.1 Å². The van der Waals surface area contributed by atoms with E-state index in [-0.39, 0.29) is 51.9 Å². The number of benzene rings is 3. The highest BCUT2D eigenvalue weighted by atomic mass is 35.5. The van der Waals surface area contributed by atoms with Gasteiger partial charge in [0, 0.05) is 81.8 Å². The summed E-state index contributed by atoms with van der Waals surface area (Å²) in [5, 5.41) is 2.94. The number of pyridine rings is 1. The number of anilines is 3. The van der Waals surface area contributed by atoms with Gasteiger partial charge in [0.05, 0.1) is 10.4 Å². The van der Waals surface area contributed by atoms with Crippen molar-refractivity contribution in [3.8, 4) is 11.5 Å². The van der Waals surface area contributed by atoms with Crippen LogP contribution in [0.5, 0.6) is 11.5 Å². The molecule has 0 spiro atoms. The Kier molecular flexibility index (Phi) is 9.05. The van der Waals surface area contributed by atoms with Gasteiger partial charge in [0.2, 0.25) is 17.2 Å². The predicted octanol–water partition coefficient (Wildman–Crippen LogP) is 5.17. The second-order valence-electron chi connectivity index (χ2n) is 14.8. The first-order chi connectivity index (χ1) is 26.7. The Morgan fingerprint density at radius 2 is 1.60 bits per heavy atom. The van der Waals surface area contributed by atoms with Crippen molar-refractivity contribution < 1.29 is 23.5 Å². The van der Waals surface area contributed by atoms with Gasteiger partial charge < -0.3 is 29.6 Å². The molecule has 55 heavy (non-hydrogen) atoms. The van der Waals surface area contributed by atoms with Crippen LogP contribution in [0.4, 0.5) is 17.2 Å². The average Bonchev–Trinajstić information content (AvgIpc) is 3.51. The molecule has 4 aliphatic heterocycles. The van der Waals surface area contributed by atoms with Gasteiger partial charge >= 0.3 is 0 Å². The minimum atomic E-state index is -0.603. The van der Waals surface area contributed by atoms with Crippen molar-refractivity contribution in [1.82, 2.24) is 20.1 Å². The molecule has 3 N–H and O–H groups in total. The molecule has 4 aliphatic rings. The number of carbonyl (C=O) groups is 3. The topological polar surface area (TPSA) is 155 Å². The zero-order valence-electron chi connectivity index (χ0n) is 30.1. The Labute approximate surface area is 321 Å². The third-order valence-electron chi connectivity index (χ3n) is 11.4. The molecule has 3 amide bonds. The molecule has 5 aromatic rings. The maximum absolute atomic E-state index is 13.1. The van der Waals surface area contributed by atoms with Gasteiger partial charge in [-0.05, 0) is 85.3 Å². The van der Waals surface area contributed by atoms with Crippen molar-refractivity contribution in [2.24, 2.45) is 5.92 Å². The number of piperazine rings is 1. The summed E-state index contributed by atoms with van der Waals surface area (Å²) < 4.78 is 12.0. The number of carbonyl (C=O) groups excluding carboxylic acids is 3. The number of ether oxygens (including phenoxy) is 1. The molecular formula is C41H40ClN7O6. The third kappa shape index (κ3) is 6.71. The van der Waals surface area contributed by atoms with Gasteiger partial charge in [-0.2, -0.15) is 0 Å². The number of nitrogens with one attached hydrogen (secondary N) is 1. The van der Waals surface area contributed by atoms with Crippen molar-refractivity contribution in [2.75, 3.05) is 61.3 Å². The molecule has 13 nitrogen and oxygen atoms in total. The lowest BCUT2D eigenvalue weighted by Gasteiger charge is -2.40. The zero-order valence-corrected chi connectivity index (χ0v) is 30.9. The van der Waals surface area contributed by atoms with Crippen LogP contribution in [0.2, 0.25) is 5.02 Å². The monoisotopic (exact) mass is 761 g/mol. The number of amides is 3. The summed E-state index contributed by atoms with van der Waals surface area (Å²) in [5.41, 5.74) is 10.4. The summed E-state index contributed by atoms with van der Waals surface area (Å²) in [6.07, 6.45) is 2.85. The van der Waals surface area contributed by atoms with Gasteiger partial charge in [-0.15, -0.1) is 0 Å². The van der Waals surface area contributed by atoms with E-state index in [1.807, 2.05) is 24.3 Å². The highest BCUT2D eigenvalue weighted by Crippen LogP contribution is 2.34. The zero-order chi connectivity index (χ0) is 37.8. The smallest absolute Gasteiger partial charge is 0.255 e. The SMILES string of the molecule is Nc1nc2c(=O)c3c(Cl)cccc3oc2cc1Oc1ccc(N2CCC(CN3CCN(c4ccc5c(c4)CN(C4CCC(=O)NC4=O)C5=O)CC3)CC2)cc1. The molecule has 0 aliphatic carbocycles. The number of rotatable bonds is 7. The number of imide groups is 1. The van der Waals surface area contributed by atoms with E-state index >= 15 is 0 Å². The van der Waals surface area contributed by atoms with Crippen LogP contribution in [0.1, 0.15) is 41.6 Å². The normalized spacial score (nSPS) is 19.7. The molecule has 3 aromatic carbocycles. The van der Waals surface area contributed by atoms with E-state index in [9.17, 15) is 19.2 Å². The maximum Gasteiger partial charge on any atom is 0.255 e. The van der Waals surface area contributed by atoms with Gasteiger partial charge in [-0.1, -0.05) is 17.7 Å². The van der Waals surface area contributed by atoms with Gasteiger partial charge in [0.25, 0.3) is 5.91 Å². The first-order valence-corrected chi connectivity index (χ1v) is 19.2. The number of aromatic nitrogens is 1. The summed E-state index contributed by atoms with van der Waals surface area (Å²) in [6.45, 7) is 7.22. The van der Waals surface area contributed by atoms with Gasteiger partial charge in [0.1, 0.15) is 17.4 Å². The quantitative estimate of drug-likeness (QED) is 0.167.